The van der Waals surface area contributed by atoms with Crippen molar-refractivity contribution in [3.8, 4) is 5.75 Å². The number of hydrogen-bond donors (Lipinski definition) is 0. The summed E-state index contributed by atoms with van der Waals surface area (Å²) >= 11 is 0. The zero-order valence-electron chi connectivity index (χ0n) is 12.8. The highest BCUT2D eigenvalue weighted by atomic mass is 16.5. The Labute approximate surface area is 126 Å². The van der Waals surface area contributed by atoms with Gasteiger partial charge in [-0.2, -0.15) is 0 Å². The summed E-state index contributed by atoms with van der Waals surface area (Å²) in [6.07, 6.45) is -0.0936. The molecular formula is C18H22O3. The van der Waals surface area contributed by atoms with Gasteiger partial charge in [0, 0.05) is 7.11 Å². The molecule has 0 bridgehead atoms. The van der Waals surface area contributed by atoms with Crippen LogP contribution in [0.4, 0.5) is 0 Å². The van der Waals surface area contributed by atoms with Gasteiger partial charge < -0.3 is 14.2 Å². The number of benzene rings is 2. The summed E-state index contributed by atoms with van der Waals surface area (Å²) in [7, 11) is 3.37. The third kappa shape index (κ3) is 4.31. The quantitative estimate of drug-likeness (QED) is 0.770. The first-order valence-corrected chi connectivity index (χ1v) is 7.07. The summed E-state index contributed by atoms with van der Waals surface area (Å²) in [6, 6.07) is 18.1. The van der Waals surface area contributed by atoms with Crippen LogP contribution in [-0.4, -0.2) is 20.3 Å². The predicted molar refractivity (Wildman–Crippen MR) is 83.4 cm³/mol. The van der Waals surface area contributed by atoms with Crippen molar-refractivity contribution in [2.45, 2.75) is 25.7 Å². The van der Waals surface area contributed by atoms with Crippen LogP contribution in [-0.2, 0) is 16.1 Å². The maximum atomic E-state index is 6.07. The van der Waals surface area contributed by atoms with E-state index in [0.29, 0.717) is 6.61 Å². The molecule has 0 unspecified atom stereocenters. The van der Waals surface area contributed by atoms with Crippen molar-refractivity contribution in [1.29, 1.82) is 0 Å². The van der Waals surface area contributed by atoms with Crippen LogP contribution < -0.4 is 4.74 Å². The Morgan fingerprint density at radius 2 is 1.57 bits per heavy atom. The maximum Gasteiger partial charge on any atom is 0.118 e. The van der Waals surface area contributed by atoms with E-state index in [1.165, 1.54) is 0 Å². The molecule has 0 aliphatic carbocycles. The summed E-state index contributed by atoms with van der Waals surface area (Å²) in [5, 5.41) is 0. The van der Waals surface area contributed by atoms with Crippen LogP contribution in [0.2, 0.25) is 0 Å². The van der Waals surface area contributed by atoms with Gasteiger partial charge in [-0.3, -0.25) is 0 Å². The molecule has 0 saturated carbocycles. The van der Waals surface area contributed by atoms with Crippen molar-refractivity contribution in [3.05, 3.63) is 65.7 Å². The van der Waals surface area contributed by atoms with Gasteiger partial charge in [0.05, 0.1) is 19.8 Å². The van der Waals surface area contributed by atoms with Crippen LogP contribution in [0.15, 0.2) is 54.6 Å². The lowest BCUT2D eigenvalue weighted by atomic mass is 10.1. The van der Waals surface area contributed by atoms with Crippen molar-refractivity contribution >= 4 is 0 Å². The molecule has 3 heteroatoms. The number of hydrogen-bond acceptors (Lipinski definition) is 3. The Hall–Kier alpha value is -1.84. The molecule has 0 aliphatic heterocycles. The van der Waals surface area contributed by atoms with Crippen LogP contribution in [0.3, 0.4) is 0 Å². The van der Waals surface area contributed by atoms with Gasteiger partial charge in [-0.1, -0.05) is 42.5 Å². The lowest BCUT2D eigenvalue weighted by molar-refractivity contribution is -0.0579. The molecule has 21 heavy (non-hydrogen) atoms. The average Bonchev–Trinajstić information content (AvgIpc) is 2.56. The highest BCUT2D eigenvalue weighted by Gasteiger charge is 2.19. The molecule has 0 aliphatic rings. The van der Waals surface area contributed by atoms with E-state index in [1.807, 2.05) is 49.4 Å². The fraction of sp³-hybridized carbons (Fsp3) is 0.333. The zero-order chi connectivity index (χ0) is 15.1. The first-order valence-electron chi connectivity index (χ1n) is 7.07. The van der Waals surface area contributed by atoms with Gasteiger partial charge in [-0.05, 0) is 30.2 Å². The lowest BCUT2D eigenvalue weighted by Crippen LogP contribution is -2.20. The summed E-state index contributed by atoms with van der Waals surface area (Å²) in [5.74, 6) is 0.851. The molecule has 2 aromatic carbocycles. The summed E-state index contributed by atoms with van der Waals surface area (Å²) in [5.41, 5.74) is 2.24. The Morgan fingerprint density at radius 3 is 2.14 bits per heavy atom. The largest absolute Gasteiger partial charge is 0.497 e. The molecule has 0 radical (unpaired) electrons. The Balaban J connectivity index is 2.05. The Morgan fingerprint density at radius 1 is 0.905 bits per heavy atom. The van der Waals surface area contributed by atoms with Crippen LogP contribution >= 0.6 is 0 Å². The Bertz CT molecular complexity index is 522. The third-order valence-corrected chi connectivity index (χ3v) is 3.51. The van der Waals surface area contributed by atoms with Crippen molar-refractivity contribution in [2.24, 2.45) is 0 Å². The number of methoxy groups -OCH3 is 2. The monoisotopic (exact) mass is 286 g/mol. The SMILES string of the molecule is COc1ccc(CO[C@H](c2ccccc2)[C@H](C)OC)cc1. The summed E-state index contributed by atoms with van der Waals surface area (Å²) in [4.78, 5) is 0. The van der Waals surface area contributed by atoms with Gasteiger partial charge in [0.1, 0.15) is 11.9 Å². The topological polar surface area (TPSA) is 27.7 Å². The molecule has 0 N–H and O–H groups in total. The zero-order valence-corrected chi connectivity index (χ0v) is 12.8. The molecule has 3 nitrogen and oxygen atoms in total. The minimum atomic E-state index is -0.0849. The number of ether oxygens (including phenoxy) is 3. The van der Waals surface area contributed by atoms with E-state index in [1.54, 1.807) is 14.2 Å². The Kier molecular flexibility index (Phi) is 5.78. The minimum Gasteiger partial charge on any atom is -0.497 e. The van der Waals surface area contributed by atoms with Crippen molar-refractivity contribution < 1.29 is 14.2 Å². The highest BCUT2D eigenvalue weighted by Crippen LogP contribution is 2.24. The first kappa shape index (κ1) is 15.5. The fourth-order valence-electron chi connectivity index (χ4n) is 2.18. The molecule has 112 valence electrons. The highest BCUT2D eigenvalue weighted by molar-refractivity contribution is 5.27. The van der Waals surface area contributed by atoms with Gasteiger partial charge in [-0.25, -0.2) is 0 Å². The van der Waals surface area contributed by atoms with Crippen LogP contribution in [0.25, 0.3) is 0 Å². The van der Waals surface area contributed by atoms with Gasteiger partial charge in [0.15, 0.2) is 0 Å². The lowest BCUT2D eigenvalue weighted by Gasteiger charge is -2.24. The van der Waals surface area contributed by atoms with E-state index in [4.69, 9.17) is 14.2 Å². The molecule has 0 spiro atoms. The van der Waals surface area contributed by atoms with Crippen LogP contribution in [0.5, 0.6) is 5.75 Å². The predicted octanol–water partition coefficient (Wildman–Crippen LogP) is 3.99. The average molecular weight is 286 g/mol. The van der Waals surface area contributed by atoms with Crippen molar-refractivity contribution in [1.82, 2.24) is 0 Å². The molecule has 2 rings (SSSR count). The van der Waals surface area contributed by atoms with Gasteiger partial charge >= 0.3 is 0 Å². The molecule has 0 fully saturated rings. The second kappa shape index (κ2) is 7.81. The summed E-state index contributed by atoms with van der Waals surface area (Å²) in [6.45, 7) is 2.56. The molecule has 0 aromatic heterocycles. The van der Waals surface area contributed by atoms with Crippen molar-refractivity contribution in [3.63, 3.8) is 0 Å². The smallest absolute Gasteiger partial charge is 0.118 e. The van der Waals surface area contributed by atoms with Crippen LogP contribution in [0, 0.1) is 0 Å². The normalized spacial score (nSPS) is 13.7. The van der Waals surface area contributed by atoms with E-state index >= 15 is 0 Å². The van der Waals surface area contributed by atoms with Gasteiger partial charge in [-0.15, -0.1) is 0 Å². The van der Waals surface area contributed by atoms with Crippen molar-refractivity contribution in [2.75, 3.05) is 14.2 Å². The molecule has 2 atom stereocenters. The second-order valence-electron chi connectivity index (χ2n) is 4.93. The van der Waals surface area contributed by atoms with Gasteiger partial charge in [0.2, 0.25) is 0 Å². The molecule has 0 saturated heterocycles. The van der Waals surface area contributed by atoms with E-state index in [-0.39, 0.29) is 12.2 Å². The van der Waals surface area contributed by atoms with Crippen LogP contribution in [0.1, 0.15) is 24.2 Å². The van der Waals surface area contributed by atoms with E-state index in [0.717, 1.165) is 16.9 Å². The maximum absolute atomic E-state index is 6.07. The third-order valence-electron chi connectivity index (χ3n) is 3.51. The number of rotatable bonds is 7. The first-order chi connectivity index (χ1) is 10.2. The van der Waals surface area contributed by atoms with E-state index in [2.05, 4.69) is 12.1 Å². The van der Waals surface area contributed by atoms with Gasteiger partial charge in [0.25, 0.3) is 0 Å². The standard InChI is InChI=1S/C18H22O3/c1-14(19-2)18(16-7-5-4-6-8-16)21-13-15-9-11-17(20-3)12-10-15/h4-12,14,18H,13H2,1-3H3/t14-,18-/m0/s1. The second-order valence-corrected chi connectivity index (χ2v) is 4.93. The molecular weight excluding hydrogens is 264 g/mol. The molecule has 2 aromatic rings. The molecule has 0 amide bonds. The molecule has 0 heterocycles. The summed E-state index contributed by atoms with van der Waals surface area (Å²) < 4.78 is 16.7. The minimum absolute atomic E-state index is 0.00866. The van der Waals surface area contributed by atoms with E-state index in [9.17, 15) is 0 Å². The fourth-order valence-corrected chi connectivity index (χ4v) is 2.18. The van der Waals surface area contributed by atoms with E-state index < -0.39 is 0 Å².